The van der Waals surface area contributed by atoms with Crippen molar-refractivity contribution in [3.05, 3.63) is 42.6 Å². The number of nitrogens with two attached hydrogens (primary N) is 1. The topological polar surface area (TPSA) is 97.1 Å². The molecule has 4 N–H and O–H groups in total. The first-order chi connectivity index (χ1) is 9.55. The third-order valence-electron chi connectivity index (χ3n) is 2.52. The molecule has 0 amide bonds. The summed E-state index contributed by atoms with van der Waals surface area (Å²) in [6, 6.07) is 10.1. The average Bonchev–Trinajstić information content (AvgIpc) is 2.47. The van der Waals surface area contributed by atoms with Crippen LogP contribution in [0, 0.1) is 0 Å². The van der Waals surface area contributed by atoms with E-state index < -0.39 is 10.0 Å². The highest BCUT2D eigenvalue weighted by Crippen LogP contribution is 2.21. The first-order valence-electron chi connectivity index (χ1n) is 5.65. The largest absolute Gasteiger partial charge is 0.308 e. The van der Waals surface area contributed by atoms with Gasteiger partial charge in [-0.1, -0.05) is 6.07 Å². The van der Waals surface area contributed by atoms with E-state index in [2.05, 4.69) is 15.1 Å². The van der Waals surface area contributed by atoms with Gasteiger partial charge in [0.05, 0.1) is 0 Å². The van der Waals surface area contributed by atoms with Crippen molar-refractivity contribution >= 4 is 33.3 Å². The highest BCUT2D eigenvalue weighted by Gasteiger charge is 2.14. The first-order valence-corrected chi connectivity index (χ1v) is 8.35. The van der Waals surface area contributed by atoms with E-state index >= 15 is 0 Å². The Morgan fingerprint density at radius 2 is 2.05 bits per heavy atom. The minimum atomic E-state index is -3.65. The van der Waals surface area contributed by atoms with Gasteiger partial charge in [-0.05, 0) is 36.6 Å². The molecule has 0 saturated carbocycles. The number of pyridine rings is 1. The maximum Gasteiger partial charge on any atom is 0.263 e. The first kappa shape index (κ1) is 14.6. The van der Waals surface area contributed by atoms with E-state index in [1.54, 1.807) is 30.0 Å². The van der Waals surface area contributed by atoms with Crippen LogP contribution in [-0.2, 0) is 10.0 Å². The number of aromatic nitrogens is 1. The quantitative estimate of drug-likeness (QED) is 0.443. The molecule has 0 bridgehead atoms. The van der Waals surface area contributed by atoms with Crippen LogP contribution in [0.15, 0.2) is 52.4 Å². The van der Waals surface area contributed by atoms with Gasteiger partial charge in [0.1, 0.15) is 10.7 Å². The smallest absolute Gasteiger partial charge is 0.263 e. The molecule has 20 heavy (non-hydrogen) atoms. The van der Waals surface area contributed by atoms with E-state index in [9.17, 15) is 8.42 Å². The van der Waals surface area contributed by atoms with Crippen LogP contribution in [-0.4, -0.2) is 19.7 Å². The van der Waals surface area contributed by atoms with E-state index in [4.69, 9.17) is 5.84 Å². The third-order valence-corrected chi connectivity index (χ3v) is 4.61. The van der Waals surface area contributed by atoms with Crippen LogP contribution in [0.4, 0.5) is 11.5 Å². The summed E-state index contributed by atoms with van der Waals surface area (Å²) in [5, 5.41) is 0. The van der Waals surface area contributed by atoms with Gasteiger partial charge in [-0.3, -0.25) is 4.72 Å². The van der Waals surface area contributed by atoms with Gasteiger partial charge in [0.15, 0.2) is 0 Å². The molecule has 0 spiro atoms. The lowest BCUT2D eigenvalue weighted by Gasteiger charge is -2.09. The number of benzene rings is 1. The van der Waals surface area contributed by atoms with Gasteiger partial charge in [-0.25, -0.2) is 19.2 Å². The molecule has 0 aliphatic rings. The number of nitrogen functional groups attached to an aromatic ring is 1. The monoisotopic (exact) mass is 310 g/mol. The Hall–Kier alpha value is -1.77. The lowest BCUT2D eigenvalue weighted by molar-refractivity contribution is 0.601. The van der Waals surface area contributed by atoms with Crippen LogP contribution in [0.25, 0.3) is 0 Å². The maximum atomic E-state index is 12.2. The zero-order chi connectivity index (χ0) is 14.6. The van der Waals surface area contributed by atoms with Crippen molar-refractivity contribution in [2.24, 2.45) is 5.84 Å². The molecule has 1 heterocycles. The van der Waals surface area contributed by atoms with Gasteiger partial charge in [0, 0.05) is 16.8 Å². The molecule has 1 aromatic heterocycles. The van der Waals surface area contributed by atoms with E-state index in [1.165, 1.54) is 18.3 Å². The van der Waals surface area contributed by atoms with Crippen molar-refractivity contribution in [3.8, 4) is 0 Å². The van der Waals surface area contributed by atoms with Crippen LogP contribution in [0.2, 0.25) is 0 Å². The number of sulfonamides is 1. The predicted molar refractivity (Wildman–Crippen MR) is 81.1 cm³/mol. The number of nitrogens with one attached hydrogen (secondary N) is 2. The molecule has 8 heteroatoms. The molecule has 2 rings (SSSR count). The Bertz CT molecular complexity index is 687. The Labute approximate surface area is 121 Å². The average molecular weight is 310 g/mol. The van der Waals surface area contributed by atoms with Gasteiger partial charge in [0.25, 0.3) is 10.0 Å². The molecule has 0 aliphatic carbocycles. The maximum absolute atomic E-state index is 12.2. The second-order valence-electron chi connectivity index (χ2n) is 3.86. The number of hydrogen-bond donors (Lipinski definition) is 3. The standard InChI is InChI=1S/C12H14N4O2S2/c1-19-10-4-2-3-9(7-10)16-20(17,18)11-5-6-12(15-13)14-8-11/h2-8,16H,13H2,1H3,(H,14,15). The summed E-state index contributed by atoms with van der Waals surface area (Å²) < 4.78 is 26.9. The van der Waals surface area contributed by atoms with Crippen LogP contribution >= 0.6 is 11.8 Å². The number of rotatable bonds is 5. The van der Waals surface area contributed by atoms with Crippen molar-refractivity contribution in [1.29, 1.82) is 0 Å². The third kappa shape index (κ3) is 3.41. The second-order valence-corrected chi connectivity index (χ2v) is 6.42. The lowest BCUT2D eigenvalue weighted by Crippen LogP contribution is -2.14. The summed E-state index contributed by atoms with van der Waals surface area (Å²) in [4.78, 5) is 4.93. The molecule has 0 atom stereocenters. The Morgan fingerprint density at radius 1 is 1.25 bits per heavy atom. The highest BCUT2D eigenvalue weighted by molar-refractivity contribution is 7.98. The summed E-state index contributed by atoms with van der Waals surface area (Å²) in [5.74, 6) is 5.58. The fourth-order valence-corrected chi connectivity index (χ4v) is 2.98. The summed E-state index contributed by atoms with van der Waals surface area (Å²) in [6.07, 6.45) is 3.17. The summed E-state index contributed by atoms with van der Waals surface area (Å²) >= 11 is 1.54. The SMILES string of the molecule is CSc1cccc(NS(=O)(=O)c2ccc(NN)nc2)c1. The molecule has 0 aliphatic heterocycles. The molecule has 2 aromatic rings. The van der Waals surface area contributed by atoms with Crippen molar-refractivity contribution < 1.29 is 8.42 Å². The normalized spacial score (nSPS) is 11.1. The number of hydrazine groups is 1. The molecule has 0 unspecified atom stereocenters. The van der Waals surface area contributed by atoms with E-state index in [0.717, 1.165) is 4.90 Å². The van der Waals surface area contributed by atoms with Gasteiger partial charge in [0.2, 0.25) is 0 Å². The Kier molecular flexibility index (Phi) is 4.48. The predicted octanol–water partition coefficient (Wildman–Crippen LogP) is 1.89. The van der Waals surface area contributed by atoms with E-state index in [1.807, 2.05) is 12.3 Å². The number of nitrogens with zero attached hydrogens (tertiary/aromatic N) is 1. The van der Waals surface area contributed by atoms with Gasteiger partial charge < -0.3 is 5.43 Å². The zero-order valence-corrected chi connectivity index (χ0v) is 12.3. The lowest BCUT2D eigenvalue weighted by atomic mass is 10.3. The second kappa shape index (κ2) is 6.12. The molecular formula is C12H14N4O2S2. The number of thioether (sulfide) groups is 1. The van der Waals surface area contributed by atoms with E-state index in [-0.39, 0.29) is 4.90 Å². The molecule has 1 aromatic carbocycles. The number of anilines is 2. The molecule has 0 radical (unpaired) electrons. The Balaban J connectivity index is 2.25. The van der Waals surface area contributed by atoms with Gasteiger partial charge in [-0.2, -0.15) is 0 Å². The minimum absolute atomic E-state index is 0.0751. The molecular weight excluding hydrogens is 296 g/mol. The van der Waals surface area contributed by atoms with Crippen molar-refractivity contribution in [1.82, 2.24) is 4.98 Å². The van der Waals surface area contributed by atoms with Crippen LogP contribution in [0.3, 0.4) is 0 Å². The van der Waals surface area contributed by atoms with Crippen molar-refractivity contribution in [3.63, 3.8) is 0 Å². The van der Waals surface area contributed by atoms with Crippen LogP contribution in [0.1, 0.15) is 0 Å². The van der Waals surface area contributed by atoms with Crippen LogP contribution < -0.4 is 16.0 Å². The van der Waals surface area contributed by atoms with E-state index in [0.29, 0.717) is 11.5 Å². The molecule has 106 valence electrons. The molecule has 0 saturated heterocycles. The fraction of sp³-hybridized carbons (Fsp3) is 0.0833. The fourth-order valence-electron chi connectivity index (χ4n) is 1.53. The molecule has 0 fully saturated rings. The van der Waals surface area contributed by atoms with Crippen molar-refractivity contribution in [2.45, 2.75) is 9.79 Å². The van der Waals surface area contributed by atoms with Gasteiger partial charge in [-0.15, -0.1) is 11.8 Å². The summed E-state index contributed by atoms with van der Waals surface area (Å²) in [6.45, 7) is 0. The van der Waals surface area contributed by atoms with Crippen molar-refractivity contribution in [2.75, 3.05) is 16.4 Å². The highest BCUT2D eigenvalue weighted by atomic mass is 32.2. The Morgan fingerprint density at radius 3 is 2.65 bits per heavy atom. The molecule has 6 nitrogen and oxygen atoms in total. The zero-order valence-electron chi connectivity index (χ0n) is 10.7. The summed E-state index contributed by atoms with van der Waals surface area (Å²) in [5.41, 5.74) is 2.85. The van der Waals surface area contributed by atoms with Gasteiger partial charge >= 0.3 is 0 Å². The number of hydrogen-bond acceptors (Lipinski definition) is 6. The van der Waals surface area contributed by atoms with Crippen LogP contribution in [0.5, 0.6) is 0 Å². The summed E-state index contributed by atoms with van der Waals surface area (Å²) in [7, 11) is -3.65. The minimum Gasteiger partial charge on any atom is -0.308 e.